The number of ether oxygens (including phenoxy) is 1. The van der Waals surface area contributed by atoms with Gasteiger partial charge in [-0.15, -0.1) is 0 Å². The number of carbonyl (C=O) groups excluding carboxylic acids is 1. The lowest BCUT2D eigenvalue weighted by atomic mass is 10.1. The number of benzene rings is 2. The largest absolute Gasteiger partial charge is 0.494 e. The number of nitro groups is 1. The van der Waals surface area contributed by atoms with Crippen LogP contribution in [0.15, 0.2) is 48.8 Å². The molecule has 0 unspecified atom stereocenters. The van der Waals surface area contributed by atoms with Gasteiger partial charge < -0.3 is 19.1 Å². The highest BCUT2D eigenvalue weighted by atomic mass is 19.1. The number of halogens is 1. The van der Waals surface area contributed by atoms with Crippen molar-refractivity contribution in [1.29, 1.82) is 0 Å². The predicted molar refractivity (Wildman–Crippen MR) is 117 cm³/mol. The summed E-state index contributed by atoms with van der Waals surface area (Å²) in [6.45, 7) is 2.16. The molecule has 166 valence electrons. The molecule has 3 aromatic rings. The Morgan fingerprint density at radius 1 is 1.12 bits per heavy atom. The Kier molecular flexibility index (Phi) is 5.76. The summed E-state index contributed by atoms with van der Waals surface area (Å²) in [7, 11) is 3.11. The van der Waals surface area contributed by atoms with Crippen molar-refractivity contribution in [2.45, 2.75) is 0 Å². The second-order valence-corrected chi connectivity index (χ2v) is 7.44. The van der Waals surface area contributed by atoms with E-state index in [0.29, 0.717) is 31.9 Å². The number of piperazine rings is 1. The van der Waals surface area contributed by atoms with E-state index < -0.39 is 10.7 Å². The highest BCUT2D eigenvalue weighted by Crippen LogP contribution is 2.32. The van der Waals surface area contributed by atoms with E-state index in [0.717, 1.165) is 5.69 Å². The second kappa shape index (κ2) is 8.66. The van der Waals surface area contributed by atoms with Crippen LogP contribution < -0.4 is 14.5 Å². The molecule has 1 aliphatic rings. The van der Waals surface area contributed by atoms with Gasteiger partial charge in [-0.2, -0.15) is 0 Å². The molecule has 2 heterocycles. The van der Waals surface area contributed by atoms with E-state index in [1.807, 2.05) is 9.80 Å². The Hall–Kier alpha value is -3.95. The van der Waals surface area contributed by atoms with Gasteiger partial charge in [-0.25, -0.2) is 9.37 Å². The first-order valence-corrected chi connectivity index (χ1v) is 10.0. The molecular weight excluding hydrogens is 417 g/mol. The molecule has 32 heavy (non-hydrogen) atoms. The fourth-order valence-corrected chi connectivity index (χ4v) is 3.85. The summed E-state index contributed by atoms with van der Waals surface area (Å²) in [6, 6.07) is 9.30. The van der Waals surface area contributed by atoms with E-state index >= 15 is 0 Å². The van der Waals surface area contributed by atoms with Gasteiger partial charge in [0.1, 0.15) is 5.69 Å². The number of methoxy groups -OCH3 is 1. The molecule has 1 aromatic heterocycles. The van der Waals surface area contributed by atoms with Crippen molar-refractivity contribution in [2.24, 2.45) is 7.05 Å². The molecule has 10 heteroatoms. The van der Waals surface area contributed by atoms with E-state index in [1.165, 1.54) is 25.4 Å². The lowest BCUT2D eigenvalue weighted by Crippen LogP contribution is -2.46. The molecule has 2 aromatic carbocycles. The zero-order chi connectivity index (χ0) is 22.8. The average Bonchev–Trinajstić information content (AvgIpc) is 3.24. The van der Waals surface area contributed by atoms with Gasteiger partial charge >= 0.3 is 0 Å². The number of imidazole rings is 1. The zero-order valence-electron chi connectivity index (χ0n) is 17.7. The molecule has 9 nitrogen and oxygen atoms in total. The van der Waals surface area contributed by atoms with Crippen molar-refractivity contribution >= 4 is 22.8 Å². The summed E-state index contributed by atoms with van der Waals surface area (Å²) in [4.78, 5) is 31.9. The van der Waals surface area contributed by atoms with Crippen LogP contribution in [0.2, 0.25) is 0 Å². The maximum absolute atomic E-state index is 14.0. The first-order chi connectivity index (χ1) is 15.4. The molecule has 0 aliphatic carbocycles. The minimum absolute atomic E-state index is 0.131. The Bertz CT molecular complexity index is 1170. The van der Waals surface area contributed by atoms with E-state index in [-0.39, 0.29) is 28.6 Å². The van der Waals surface area contributed by atoms with E-state index in [2.05, 4.69) is 4.98 Å². The highest BCUT2D eigenvalue weighted by molar-refractivity contribution is 6.07. The number of carbonyl (C=O) groups is 1. The van der Waals surface area contributed by atoms with Crippen molar-refractivity contribution in [1.82, 2.24) is 9.55 Å². The van der Waals surface area contributed by atoms with Crippen LogP contribution in [-0.4, -0.2) is 53.5 Å². The number of hydrogen-bond acceptors (Lipinski definition) is 7. The smallest absolute Gasteiger partial charge is 0.293 e. The Balaban J connectivity index is 1.53. The van der Waals surface area contributed by atoms with Crippen molar-refractivity contribution in [2.75, 3.05) is 43.1 Å². The summed E-state index contributed by atoms with van der Waals surface area (Å²) >= 11 is 0. The Morgan fingerprint density at radius 3 is 2.44 bits per heavy atom. The van der Waals surface area contributed by atoms with Gasteiger partial charge in [-0.05, 0) is 24.3 Å². The molecule has 0 saturated carbocycles. The van der Waals surface area contributed by atoms with Crippen LogP contribution in [0.3, 0.4) is 0 Å². The van der Waals surface area contributed by atoms with E-state index in [9.17, 15) is 19.3 Å². The zero-order valence-corrected chi connectivity index (χ0v) is 17.7. The predicted octanol–water partition coefficient (Wildman–Crippen LogP) is 3.03. The molecule has 0 radical (unpaired) electrons. The third-order valence-corrected chi connectivity index (χ3v) is 5.58. The third-order valence-electron chi connectivity index (χ3n) is 5.58. The van der Waals surface area contributed by atoms with Gasteiger partial charge in [0.05, 0.1) is 12.0 Å². The maximum atomic E-state index is 14.0. The first-order valence-electron chi connectivity index (χ1n) is 10.0. The van der Waals surface area contributed by atoms with Crippen LogP contribution in [0.25, 0.3) is 0 Å². The van der Waals surface area contributed by atoms with Crippen LogP contribution in [0.1, 0.15) is 16.2 Å². The minimum atomic E-state index is -0.476. The van der Waals surface area contributed by atoms with Gasteiger partial charge in [0.2, 0.25) is 5.78 Å². The number of rotatable bonds is 6. The number of hydrogen-bond donors (Lipinski definition) is 0. The lowest BCUT2D eigenvalue weighted by molar-refractivity contribution is -0.384. The fourth-order valence-electron chi connectivity index (χ4n) is 3.85. The topological polar surface area (TPSA) is 93.7 Å². The molecule has 1 aliphatic heterocycles. The lowest BCUT2D eigenvalue weighted by Gasteiger charge is -2.37. The number of aromatic nitrogens is 2. The van der Waals surface area contributed by atoms with Gasteiger partial charge in [0.25, 0.3) is 5.69 Å². The van der Waals surface area contributed by atoms with Crippen molar-refractivity contribution in [3.8, 4) is 5.75 Å². The van der Waals surface area contributed by atoms with Crippen molar-refractivity contribution < 1.29 is 18.8 Å². The van der Waals surface area contributed by atoms with E-state index in [4.69, 9.17) is 4.74 Å². The van der Waals surface area contributed by atoms with Crippen LogP contribution in [0.5, 0.6) is 5.75 Å². The number of nitrogens with zero attached hydrogens (tertiary/aromatic N) is 5. The summed E-state index contributed by atoms with van der Waals surface area (Å²) in [5, 5.41) is 11.8. The Morgan fingerprint density at radius 2 is 1.84 bits per heavy atom. The molecule has 0 amide bonds. The van der Waals surface area contributed by atoms with Gasteiger partial charge in [-0.1, -0.05) is 0 Å². The monoisotopic (exact) mass is 439 g/mol. The summed E-state index contributed by atoms with van der Waals surface area (Å²) in [6.07, 6.45) is 3.15. The van der Waals surface area contributed by atoms with Gasteiger partial charge in [0, 0.05) is 69.0 Å². The average molecular weight is 439 g/mol. The number of ketones is 1. The third kappa shape index (κ3) is 3.98. The van der Waals surface area contributed by atoms with E-state index in [1.54, 1.807) is 42.1 Å². The number of nitro benzene ring substituents is 1. The molecule has 1 fully saturated rings. The first kappa shape index (κ1) is 21.3. The van der Waals surface area contributed by atoms with Crippen LogP contribution in [0.4, 0.5) is 21.5 Å². The SMILES string of the molecule is COc1ccc(N2CCN(c3ccc(C(=O)c4nccn4C)cc3[N+](=O)[O-])CC2)cc1F. The minimum Gasteiger partial charge on any atom is -0.494 e. The Labute approximate surface area is 183 Å². The van der Waals surface area contributed by atoms with Crippen molar-refractivity contribution in [3.05, 3.63) is 76.1 Å². The second-order valence-electron chi connectivity index (χ2n) is 7.44. The summed E-state index contributed by atoms with van der Waals surface area (Å²) in [5.74, 6) is -0.412. The van der Waals surface area contributed by atoms with Gasteiger partial charge in [-0.3, -0.25) is 14.9 Å². The molecular formula is C22H22FN5O4. The molecule has 0 atom stereocenters. The molecule has 0 spiro atoms. The molecule has 0 bridgehead atoms. The van der Waals surface area contributed by atoms with Crippen molar-refractivity contribution in [3.63, 3.8) is 0 Å². The molecule has 0 N–H and O–H groups in total. The maximum Gasteiger partial charge on any atom is 0.293 e. The van der Waals surface area contributed by atoms with Gasteiger partial charge in [0.15, 0.2) is 17.4 Å². The molecule has 4 rings (SSSR count). The fraction of sp³-hybridized carbons (Fsp3) is 0.273. The normalized spacial score (nSPS) is 13.8. The van der Waals surface area contributed by atoms with Crippen LogP contribution >= 0.6 is 0 Å². The highest BCUT2D eigenvalue weighted by Gasteiger charge is 2.26. The summed E-state index contributed by atoms with van der Waals surface area (Å²) in [5.41, 5.74) is 1.26. The van der Waals surface area contributed by atoms with Crippen LogP contribution in [0, 0.1) is 15.9 Å². The summed E-state index contributed by atoms with van der Waals surface area (Å²) < 4.78 is 20.6. The number of anilines is 2. The molecule has 1 saturated heterocycles. The standard InChI is InChI=1S/C22H22FN5O4/c1-25-8-7-24-22(25)21(29)15-3-5-18(19(13-15)28(30)31)27-11-9-26(10-12-27)16-4-6-20(32-2)17(23)14-16/h3-8,13-14H,9-12H2,1-2H3. The quantitative estimate of drug-likeness (QED) is 0.331. The number of aryl methyl sites for hydroxylation is 1. The van der Waals surface area contributed by atoms with Crippen LogP contribution in [-0.2, 0) is 7.05 Å².